The van der Waals surface area contributed by atoms with Crippen molar-refractivity contribution in [1.82, 2.24) is 5.32 Å². The molecule has 2 N–H and O–H groups in total. The molecule has 1 heterocycles. The van der Waals surface area contributed by atoms with Crippen LogP contribution in [0.3, 0.4) is 0 Å². The number of thiophene rings is 1. The Bertz CT molecular complexity index is 678. The van der Waals surface area contributed by atoms with E-state index in [1.165, 1.54) is 0 Å². The smallest absolute Gasteiger partial charge is 0.239 e. The van der Waals surface area contributed by atoms with Crippen LogP contribution in [0.15, 0.2) is 41.8 Å². The molecule has 0 bridgehead atoms. The van der Waals surface area contributed by atoms with Crippen LogP contribution < -0.4 is 10.6 Å². The Labute approximate surface area is 128 Å². The van der Waals surface area contributed by atoms with E-state index in [9.17, 15) is 4.79 Å². The summed E-state index contributed by atoms with van der Waals surface area (Å²) < 4.78 is 0. The highest BCUT2D eigenvalue weighted by Crippen LogP contribution is 2.18. The fourth-order valence-corrected chi connectivity index (χ4v) is 2.45. The van der Waals surface area contributed by atoms with E-state index in [1.807, 2.05) is 41.8 Å². The molecular formula is C17H16N2OS. The van der Waals surface area contributed by atoms with Crippen LogP contribution in [0.4, 0.5) is 5.69 Å². The quantitative estimate of drug-likeness (QED) is 0.852. The molecule has 3 rings (SSSR count). The first-order chi connectivity index (χ1) is 10.3. The maximum absolute atomic E-state index is 11.6. The number of anilines is 1. The van der Waals surface area contributed by atoms with Gasteiger partial charge in [-0.1, -0.05) is 24.0 Å². The summed E-state index contributed by atoms with van der Waals surface area (Å²) in [6, 6.07) is 12.2. The summed E-state index contributed by atoms with van der Waals surface area (Å²) in [5, 5.41) is 8.10. The largest absolute Gasteiger partial charge is 0.376 e. The lowest BCUT2D eigenvalue weighted by Crippen LogP contribution is -2.31. The predicted molar refractivity (Wildman–Crippen MR) is 86.4 cm³/mol. The molecule has 3 nitrogen and oxygen atoms in total. The van der Waals surface area contributed by atoms with Gasteiger partial charge in [-0.25, -0.2) is 0 Å². The van der Waals surface area contributed by atoms with E-state index >= 15 is 0 Å². The Hall–Kier alpha value is -2.25. The zero-order valence-corrected chi connectivity index (χ0v) is 12.4. The number of amides is 1. The van der Waals surface area contributed by atoms with Crippen molar-refractivity contribution in [2.75, 3.05) is 11.9 Å². The lowest BCUT2D eigenvalue weighted by Gasteiger charge is -2.07. The summed E-state index contributed by atoms with van der Waals surface area (Å²) in [5.41, 5.74) is 1.86. The average Bonchev–Trinajstić information content (AvgIpc) is 3.15. The van der Waals surface area contributed by atoms with E-state index in [2.05, 4.69) is 22.5 Å². The Balaban J connectivity index is 1.58. The molecule has 1 saturated carbocycles. The van der Waals surface area contributed by atoms with Crippen molar-refractivity contribution in [3.05, 3.63) is 52.2 Å². The van der Waals surface area contributed by atoms with E-state index < -0.39 is 0 Å². The van der Waals surface area contributed by atoms with E-state index in [4.69, 9.17) is 0 Å². The molecule has 1 amide bonds. The molecule has 0 aliphatic heterocycles. The second-order valence-electron chi connectivity index (χ2n) is 5.00. The van der Waals surface area contributed by atoms with Crippen molar-refractivity contribution < 1.29 is 4.79 Å². The van der Waals surface area contributed by atoms with Crippen molar-refractivity contribution in [3.8, 4) is 11.8 Å². The second-order valence-corrected chi connectivity index (χ2v) is 5.95. The highest BCUT2D eigenvalue weighted by atomic mass is 32.1. The minimum Gasteiger partial charge on any atom is -0.376 e. The number of carbonyl (C=O) groups is 1. The summed E-state index contributed by atoms with van der Waals surface area (Å²) in [5.74, 6) is 6.31. The van der Waals surface area contributed by atoms with Gasteiger partial charge < -0.3 is 10.6 Å². The summed E-state index contributed by atoms with van der Waals surface area (Å²) in [6.07, 6.45) is 2.22. The molecule has 21 heavy (non-hydrogen) atoms. The zero-order valence-electron chi connectivity index (χ0n) is 11.6. The van der Waals surface area contributed by atoms with Crippen molar-refractivity contribution >= 4 is 22.9 Å². The molecule has 106 valence electrons. The monoisotopic (exact) mass is 296 g/mol. The van der Waals surface area contributed by atoms with Crippen LogP contribution in [-0.4, -0.2) is 18.5 Å². The summed E-state index contributed by atoms with van der Waals surface area (Å²) in [7, 11) is 0. The number of hydrogen-bond acceptors (Lipinski definition) is 3. The Morgan fingerprint density at radius 1 is 1.24 bits per heavy atom. The molecular weight excluding hydrogens is 280 g/mol. The van der Waals surface area contributed by atoms with Crippen LogP contribution in [0.5, 0.6) is 0 Å². The van der Waals surface area contributed by atoms with Crippen LogP contribution in [0, 0.1) is 11.8 Å². The third kappa shape index (κ3) is 4.37. The highest BCUT2D eigenvalue weighted by Gasteiger charge is 2.22. The number of hydrogen-bond donors (Lipinski definition) is 2. The third-order valence-corrected chi connectivity index (χ3v) is 3.89. The fraction of sp³-hybridized carbons (Fsp3) is 0.235. The van der Waals surface area contributed by atoms with Gasteiger partial charge >= 0.3 is 0 Å². The molecule has 0 saturated heterocycles. The SMILES string of the molecule is O=C(CNc1cccc(C#Cc2cccs2)c1)NC1CC1. The van der Waals surface area contributed by atoms with E-state index in [0.29, 0.717) is 12.6 Å². The van der Waals surface area contributed by atoms with Gasteiger partial charge in [0.15, 0.2) is 0 Å². The van der Waals surface area contributed by atoms with Gasteiger partial charge in [0.25, 0.3) is 0 Å². The van der Waals surface area contributed by atoms with Gasteiger partial charge in [-0.3, -0.25) is 4.79 Å². The van der Waals surface area contributed by atoms with E-state index in [1.54, 1.807) is 11.3 Å². The maximum Gasteiger partial charge on any atom is 0.239 e. The lowest BCUT2D eigenvalue weighted by atomic mass is 10.2. The first-order valence-electron chi connectivity index (χ1n) is 6.98. The van der Waals surface area contributed by atoms with Crippen molar-refractivity contribution in [3.63, 3.8) is 0 Å². The van der Waals surface area contributed by atoms with Gasteiger partial charge in [-0.15, -0.1) is 11.3 Å². The van der Waals surface area contributed by atoms with Crippen molar-refractivity contribution in [2.45, 2.75) is 18.9 Å². The average molecular weight is 296 g/mol. The van der Waals surface area contributed by atoms with Gasteiger partial charge in [-0.2, -0.15) is 0 Å². The van der Waals surface area contributed by atoms with Gasteiger partial charge in [0, 0.05) is 17.3 Å². The van der Waals surface area contributed by atoms with Crippen LogP contribution >= 0.6 is 11.3 Å². The maximum atomic E-state index is 11.6. The first kappa shape index (κ1) is 13.7. The van der Waals surface area contributed by atoms with Gasteiger partial charge in [0.1, 0.15) is 0 Å². The zero-order chi connectivity index (χ0) is 14.5. The van der Waals surface area contributed by atoms with Gasteiger partial charge in [0.2, 0.25) is 5.91 Å². The predicted octanol–water partition coefficient (Wildman–Crippen LogP) is 2.84. The van der Waals surface area contributed by atoms with Gasteiger partial charge in [-0.05, 0) is 42.5 Å². The summed E-state index contributed by atoms with van der Waals surface area (Å²) >= 11 is 1.63. The normalized spacial score (nSPS) is 13.1. The Morgan fingerprint density at radius 2 is 2.14 bits per heavy atom. The van der Waals surface area contributed by atoms with Crippen LogP contribution in [-0.2, 0) is 4.79 Å². The molecule has 1 aromatic heterocycles. The first-order valence-corrected chi connectivity index (χ1v) is 7.86. The van der Waals surface area contributed by atoms with Crippen LogP contribution in [0.25, 0.3) is 0 Å². The van der Waals surface area contributed by atoms with Crippen molar-refractivity contribution in [1.29, 1.82) is 0 Å². The summed E-state index contributed by atoms with van der Waals surface area (Å²) in [4.78, 5) is 12.7. The molecule has 4 heteroatoms. The number of carbonyl (C=O) groups excluding carboxylic acids is 1. The van der Waals surface area contributed by atoms with Gasteiger partial charge in [0.05, 0.1) is 11.4 Å². The molecule has 1 aliphatic carbocycles. The molecule has 2 aromatic rings. The standard InChI is InChI=1S/C17H16N2OS/c20-17(19-14-7-8-14)12-18-15-4-1-3-13(11-15)6-9-16-5-2-10-21-16/h1-5,10-11,14,18H,7-8,12H2,(H,19,20). The summed E-state index contributed by atoms with van der Waals surface area (Å²) in [6.45, 7) is 0.304. The molecule has 0 unspecified atom stereocenters. The minimum atomic E-state index is 0.0487. The molecule has 1 fully saturated rings. The topological polar surface area (TPSA) is 41.1 Å². The third-order valence-electron chi connectivity index (χ3n) is 3.11. The molecule has 0 spiro atoms. The highest BCUT2D eigenvalue weighted by molar-refractivity contribution is 7.10. The lowest BCUT2D eigenvalue weighted by molar-refractivity contribution is -0.119. The fourth-order valence-electron chi connectivity index (χ4n) is 1.88. The second kappa shape index (κ2) is 6.47. The van der Waals surface area contributed by atoms with Crippen molar-refractivity contribution in [2.24, 2.45) is 0 Å². The molecule has 0 radical (unpaired) electrons. The number of benzene rings is 1. The molecule has 1 aromatic carbocycles. The Morgan fingerprint density at radius 3 is 2.90 bits per heavy atom. The van der Waals surface area contributed by atoms with E-state index in [0.717, 1.165) is 29.0 Å². The van der Waals surface area contributed by atoms with E-state index in [-0.39, 0.29) is 5.91 Å². The Kier molecular flexibility index (Phi) is 4.23. The van der Waals surface area contributed by atoms with Crippen LogP contribution in [0.2, 0.25) is 0 Å². The molecule has 0 atom stereocenters. The number of nitrogens with one attached hydrogen (secondary N) is 2. The number of rotatable bonds is 4. The minimum absolute atomic E-state index is 0.0487. The molecule has 1 aliphatic rings. The van der Waals surface area contributed by atoms with Crippen LogP contribution in [0.1, 0.15) is 23.3 Å².